The Balaban J connectivity index is 2.02. The van der Waals surface area contributed by atoms with E-state index in [4.69, 9.17) is 0 Å². The van der Waals surface area contributed by atoms with E-state index in [2.05, 4.69) is 6.92 Å². The molecule has 2 rings (SSSR count). The Morgan fingerprint density at radius 2 is 1.77 bits per heavy atom. The van der Waals surface area contributed by atoms with Crippen molar-refractivity contribution in [3.63, 3.8) is 0 Å². The van der Waals surface area contributed by atoms with Crippen LogP contribution in [-0.2, 0) is 10.0 Å². The van der Waals surface area contributed by atoms with Gasteiger partial charge in [-0.3, -0.25) is 0 Å². The lowest BCUT2D eigenvalue weighted by Crippen LogP contribution is -2.32. The molecule has 1 saturated carbocycles. The number of sulfonamides is 1. The van der Waals surface area contributed by atoms with Crippen molar-refractivity contribution < 1.29 is 8.42 Å². The molecule has 0 radical (unpaired) electrons. The summed E-state index contributed by atoms with van der Waals surface area (Å²) >= 11 is 0. The molecular weight excluding hydrogens is 186 g/mol. The van der Waals surface area contributed by atoms with Crippen LogP contribution in [0, 0.1) is 5.41 Å². The first-order valence-electron chi connectivity index (χ1n) is 5.00. The van der Waals surface area contributed by atoms with Crippen molar-refractivity contribution in [2.24, 2.45) is 5.41 Å². The summed E-state index contributed by atoms with van der Waals surface area (Å²) in [6.07, 6.45) is 4.24. The van der Waals surface area contributed by atoms with E-state index in [0.29, 0.717) is 5.75 Å². The zero-order chi connectivity index (χ0) is 9.53. The van der Waals surface area contributed by atoms with E-state index in [9.17, 15) is 8.42 Å². The predicted octanol–water partition coefficient (Wildman–Crippen LogP) is 1.21. The second-order valence-corrected chi connectivity index (χ2v) is 6.64. The van der Waals surface area contributed by atoms with E-state index in [1.165, 1.54) is 0 Å². The predicted molar refractivity (Wildman–Crippen MR) is 51.9 cm³/mol. The molecule has 0 unspecified atom stereocenters. The highest BCUT2D eigenvalue weighted by atomic mass is 32.2. The van der Waals surface area contributed by atoms with Gasteiger partial charge in [0.1, 0.15) is 0 Å². The Bertz CT molecular complexity index is 287. The van der Waals surface area contributed by atoms with Gasteiger partial charge < -0.3 is 0 Å². The topological polar surface area (TPSA) is 37.4 Å². The average Bonchev–Trinajstić information content (AvgIpc) is 2.53. The van der Waals surface area contributed by atoms with Crippen molar-refractivity contribution in [1.29, 1.82) is 0 Å². The Morgan fingerprint density at radius 1 is 1.23 bits per heavy atom. The number of hydrogen-bond acceptors (Lipinski definition) is 2. The summed E-state index contributed by atoms with van der Waals surface area (Å²) in [6.45, 7) is 3.57. The zero-order valence-corrected chi connectivity index (χ0v) is 8.94. The Labute approximate surface area is 80.2 Å². The Kier molecular flexibility index (Phi) is 2.15. The molecule has 0 atom stereocenters. The monoisotopic (exact) mass is 203 g/mol. The second kappa shape index (κ2) is 2.95. The largest absolute Gasteiger partial charge is 0.214 e. The molecule has 1 aliphatic carbocycles. The van der Waals surface area contributed by atoms with E-state index in [1.54, 1.807) is 4.31 Å². The van der Waals surface area contributed by atoms with Crippen LogP contribution in [0.2, 0.25) is 0 Å². The molecule has 1 saturated heterocycles. The highest BCUT2D eigenvalue weighted by Gasteiger charge is 2.43. The van der Waals surface area contributed by atoms with Crippen molar-refractivity contribution in [2.45, 2.75) is 32.6 Å². The maximum absolute atomic E-state index is 11.8. The first-order valence-corrected chi connectivity index (χ1v) is 6.61. The van der Waals surface area contributed by atoms with Gasteiger partial charge in [0.25, 0.3) is 0 Å². The maximum atomic E-state index is 11.8. The molecule has 0 aromatic rings. The van der Waals surface area contributed by atoms with E-state index in [0.717, 1.165) is 38.8 Å². The summed E-state index contributed by atoms with van der Waals surface area (Å²) < 4.78 is 25.3. The third-order valence-electron chi connectivity index (χ3n) is 3.09. The summed E-state index contributed by atoms with van der Waals surface area (Å²) in [5, 5.41) is 0. The molecule has 0 bridgehead atoms. The minimum Gasteiger partial charge on any atom is -0.212 e. The fourth-order valence-electron chi connectivity index (χ4n) is 1.86. The number of nitrogens with zero attached hydrogens (tertiary/aromatic N) is 1. The third-order valence-corrected chi connectivity index (χ3v) is 5.31. The molecule has 1 aliphatic heterocycles. The van der Waals surface area contributed by atoms with Crippen molar-refractivity contribution in [3.05, 3.63) is 0 Å². The van der Waals surface area contributed by atoms with Crippen LogP contribution in [0.15, 0.2) is 0 Å². The van der Waals surface area contributed by atoms with Crippen LogP contribution in [0.4, 0.5) is 0 Å². The van der Waals surface area contributed by atoms with E-state index < -0.39 is 10.0 Å². The molecule has 2 fully saturated rings. The van der Waals surface area contributed by atoms with E-state index in [-0.39, 0.29) is 5.41 Å². The lowest BCUT2D eigenvalue weighted by molar-refractivity contribution is 0.464. The van der Waals surface area contributed by atoms with Crippen LogP contribution in [0.25, 0.3) is 0 Å². The van der Waals surface area contributed by atoms with Crippen molar-refractivity contribution in [2.75, 3.05) is 18.8 Å². The summed E-state index contributed by atoms with van der Waals surface area (Å²) in [7, 11) is -2.92. The van der Waals surface area contributed by atoms with Gasteiger partial charge >= 0.3 is 0 Å². The molecule has 13 heavy (non-hydrogen) atoms. The Hall–Kier alpha value is -0.0900. The molecule has 4 heteroatoms. The Morgan fingerprint density at radius 3 is 2.23 bits per heavy atom. The SMILES string of the molecule is CC1(CS(=O)(=O)N2CCCC2)CC1. The first-order chi connectivity index (χ1) is 6.02. The minimum atomic E-state index is -2.92. The fourth-order valence-corrected chi connectivity index (χ4v) is 4.02. The third kappa shape index (κ3) is 2.05. The molecule has 0 spiro atoms. The van der Waals surface area contributed by atoms with Gasteiger partial charge in [-0.1, -0.05) is 6.92 Å². The van der Waals surface area contributed by atoms with Gasteiger partial charge in [0, 0.05) is 13.1 Å². The molecule has 0 N–H and O–H groups in total. The fraction of sp³-hybridized carbons (Fsp3) is 1.00. The van der Waals surface area contributed by atoms with Gasteiger partial charge in [0.05, 0.1) is 5.75 Å². The highest BCUT2D eigenvalue weighted by Crippen LogP contribution is 2.46. The van der Waals surface area contributed by atoms with Crippen LogP contribution in [0.1, 0.15) is 32.6 Å². The quantitative estimate of drug-likeness (QED) is 0.691. The van der Waals surface area contributed by atoms with Gasteiger partial charge in [-0.05, 0) is 31.1 Å². The van der Waals surface area contributed by atoms with Gasteiger partial charge in [-0.25, -0.2) is 12.7 Å². The number of rotatable bonds is 3. The van der Waals surface area contributed by atoms with Crippen molar-refractivity contribution in [1.82, 2.24) is 4.31 Å². The van der Waals surface area contributed by atoms with Gasteiger partial charge in [-0.15, -0.1) is 0 Å². The standard InChI is InChI=1S/C9H17NO2S/c1-9(4-5-9)8-13(11,12)10-6-2-3-7-10/h2-8H2,1H3. The lowest BCUT2D eigenvalue weighted by Gasteiger charge is -2.17. The zero-order valence-electron chi connectivity index (χ0n) is 8.12. The second-order valence-electron chi connectivity index (χ2n) is 4.67. The van der Waals surface area contributed by atoms with Crippen LogP contribution in [-0.4, -0.2) is 31.6 Å². The first kappa shape index (κ1) is 9.46. The minimum absolute atomic E-state index is 0.113. The molecule has 1 heterocycles. The van der Waals surface area contributed by atoms with E-state index in [1.807, 2.05) is 0 Å². The van der Waals surface area contributed by atoms with Crippen molar-refractivity contribution in [3.8, 4) is 0 Å². The summed E-state index contributed by atoms with van der Waals surface area (Å²) in [5.74, 6) is 0.375. The van der Waals surface area contributed by atoms with Crippen LogP contribution in [0.3, 0.4) is 0 Å². The van der Waals surface area contributed by atoms with Crippen LogP contribution >= 0.6 is 0 Å². The summed E-state index contributed by atoms with van der Waals surface area (Å²) in [4.78, 5) is 0. The van der Waals surface area contributed by atoms with Gasteiger partial charge in [-0.2, -0.15) is 0 Å². The normalized spacial score (nSPS) is 27.8. The number of hydrogen-bond donors (Lipinski definition) is 0. The lowest BCUT2D eigenvalue weighted by atomic mass is 10.2. The maximum Gasteiger partial charge on any atom is 0.214 e. The van der Waals surface area contributed by atoms with Gasteiger partial charge in [0.15, 0.2) is 0 Å². The molecule has 0 aromatic carbocycles. The van der Waals surface area contributed by atoms with Crippen LogP contribution in [0.5, 0.6) is 0 Å². The van der Waals surface area contributed by atoms with Crippen LogP contribution < -0.4 is 0 Å². The molecule has 0 aromatic heterocycles. The van der Waals surface area contributed by atoms with Crippen molar-refractivity contribution >= 4 is 10.0 Å². The van der Waals surface area contributed by atoms with E-state index >= 15 is 0 Å². The molecule has 3 nitrogen and oxygen atoms in total. The van der Waals surface area contributed by atoms with Gasteiger partial charge in [0.2, 0.25) is 10.0 Å². The molecular formula is C9H17NO2S. The average molecular weight is 203 g/mol. The molecule has 0 amide bonds. The molecule has 76 valence electrons. The highest BCUT2D eigenvalue weighted by molar-refractivity contribution is 7.89. The summed E-state index contributed by atoms with van der Waals surface area (Å²) in [6, 6.07) is 0. The molecule has 2 aliphatic rings. The summed E-state index contributed by atoms with van der Waals surface area (Å²) in [5.41, 5.74) is 0.113. The smallest absolute Gasteiger partial charge is 0.212 e.